The number of hydrogen-bond donors (Lipinski definition) is 0. The van der Waals surface area contributed by atoms with Crippen molar-refractivity contribution in [2.24, 2.45) is 0 Å². The van der Waals surface area contributed by atoms with Crippen LogP contribution in [0.1, 0.15) is 30.0 Å². The summed E-state index contributed by atoms with van der Waals surface area (Å²) in [4.78, 5) is 14.4. The molecule has 2 unspecified atom stereocenters. The third kappa shape index (κ3) is 2.62. The molecule has 18 heavy (non-hydrogen) atoms. The van der Waals surface area contributed by atoms with E-state index in [0.717, 1.165) is 17.5 Å². The van der Waals surface area contributed by atoms with Crippen LogP contribution in [0.5, 0.6) is 0 Å². The minimum Gasteiger partial charge on any atom is -0.469 e. The third-order valence-corrected chi connectivity index (χ3v) is 3.96. The molecular weight excluding hydrogens is 298 g/mol. The Balaban J connectivity index is 2.16. The molecule has 0 bridgehead atoms. The van der Waals surface area contributed by atoms with Crippen LogP contribution in [0.25, 0.3) is 0 Å². The Morgan fingerprint density at radius 1 is 1.61 bits per heavy atom. The first-order valence-corrected chi connectivity index (χ1v) is 7.34. The molecule has 0 N–H and O–H groups in total. The van der Waals surface area contributed by atoms with Crippen LogP contribution in [-0.4, -0.2) is 41.4 Å². The normalized spacial score (nSPS) is 24.3. The number of halogens is 1. The van der Waals surface area contributed by atoms with Crippen molar-refractivity contribution in [2.75, 3.05) is 18.5 Å². The first-order chi connectivity index (χ1) is 8.67. The Morgan fingerprint density at radius 2 is 2.39 bits per heavy atom. The number of furan rings is 1. The second-order valence-electron chi connectivity index (χ2n) is 4.53. The third-order valence-electron chi connectivity index (χ3n) is 3.24. The number of hydrogen-bond acceptors (Lipinski definition) is 3. The van der Waals surface area contributed by atoms with Crippen molar-refractivity contribution in [3.05, 3.63) is 23.7 Å². The summed E-state index contributed by atoms with van der Waals surface area (Å²) < 4.78 is 11.0. The second kappa shape index (κ2) is 5.89. The van der Waals surface area contributed by atoms with Gasteiger partial charge in [-0.15, -0.1) is 0 Å². The molecule has 1 fully saturated rings. The number of amides is 1. The predicted octanol–water partition coefficient (Wildman–Crippen LogP) is 2.47. The molecule has 4 nitrogen and oxygen atoms in total. The lowest BCUT2D eigenvalue weighted by Gasteiger charge is -2.37. The Labute approximate surface area is 115 Å². The van der Waals surface area contributed by atoms with E-state index >= 15 is 0 Å². The minimum atomic E-state index is 0.0438. The summed E-state index contributed by atoms with van der Waals surface area (Å²) in [5.41, 5.74) is 0.680. The van der Waals surface area contributed by atoms with E-state index in [2.05, 4.69) is 15.9 Å². The maximum Gasteiger partial charge on any atom is 0.257 e. The highest BCUT2D eigenvalue weighted by atomic mass is 79.9. The zero-order chi connectivity index (χ0) is 13.1. The molecule has 1 aliphatic heterocycles. The van der Waals surface area contributed by atoms with E-state index in [4.69, 9.17) is 9.15 Å². The van der Waals surface area contributed by atoms with Crippen LogP contribution in [-0.2, 0) is 11.2 Å². The molecule has 0 saturated carbocycles. The Morgan fingerprint density at radius 3 is 3.06 bits per heavy atom. The van der Waals surface area contributed by atoms with Crippen molar-refractivity contribution in [3.63, 3.8) is 0 Å². The number of carbonyl (C=O) groups excluding carboxylic acids is 1. The van der Waals surface area contributed by atoms with E-state index < -0.39 is 0 Å². The fourth-order valence-electron chi connectivity index (χ4n) is 2.15. The fourth-order valence-corrected chi connectivity index (χ4v) is 2.55. The average molecular weight is 316 g/mol. The summed E-state index contributed by atoms with van der Waals surface area (Å²) in [7, 11) is 0. The lowest BCUT2D eigenvalue weighted by Crippen LogP contribution is -2.51. The van der Waals surface area contributed by atoms with Crippen LogP contribution < -0.4 is 0 Å². The molecule has 1 aliphatic rings. The van der Waals surface area contributed by atoms with E-state index in [0.29, 0.717) is 18.7 Å². The van der Waals surface area contributed by atoms with Crippen molar-refractivity contribution < 1.29 is 13.9 Å². The van der Waals surface area contributed by atoms with Gasteiger partial charge in [0.25, 0.3) is 5.91 Å². The van der Waals surface area contributed by atoms with Gasteiger partial charge in [-0.2, -0.15) is 0 Å². The number of aryl methyl sites for hydroxylation is 1. The highest BCUT2D eigenvalue weighted by Crippen LogP contribution is 2.20. The summed E-state index contributed by atoms with van der Waals surface area (Å²) >= 11 is 3.40. The van der Waals surface area contributed by atoms with Gasteiger partial charge in [0, 0.05) is 18.3 Å². The summed E-state index contributed by atoms with van der Waals surface area (Å²) in [5.74, 6) is 0.802. The van der Waals surface area contributed by atoms with Gasteiger partial charge in [-0.05, 0) is 13.0 Å². The quantitative estimate of drug-likeness (QED) is 0.805. The van der Waals surface area contributed by atoms with Gasteiger partial charge in [0.15, 0.2) is 0 Å². The van der Waals surface area contributed by atoms with Crippen molar-refractivity contribution >= 4 is 21.8 Å². The molecule has 0 spiro atoms. The number of morpholine rings is 1. The molecule has 5 heteroatoms. The molecule has 2 heterocycles. The first kappa shape index (κ1) is 13.6. The molecule has 1 saturated heterocycles. The average Bonchev–Trinajstić information content (AvgIpc) is 2.86. The van der Waals surface area contributed by atoms with E-state index in [1.54, 1.807) is 12.3 Å². The topological polar surface area (TPSA) is 42.7 Å². The molecule has 0 aromatic carbocycles. The standard InChI is InChI=1S/C13H18BrNO3/c1-3-12-11(4-5-17-12)13(16)15-7-10(6-14)18-8-9(15)2/h4-5,9-10H,3,6-8H2,1-2H3. The number of alkyl halides is 1. The van der Waals surface area contributed by atoms with E-state index in [-0.39, 0.29) is 18.1 Å². The van der Waals surface area contributed by atoms with E-state index in [9.17, 15) is 4.79 Å². The van der Waals surface area contributed by atoms with Gasteiger partial charge in [0.1, 0.15) is 5.76 Å². The summed E-state index contributed by atoms with van der Waals surface area (Å²) in [5, 5.41) is 0.746. The molecule has 1 aromatic rings. The van der Waals surface area contributed by atoms with Gasteiger partial charge in [0.05, 0.1) is 30.6 Å². The maximum atomic E-state index is 12.5. The van der Waals surface area contributed by atoms with Crippen LogP contribution in [0.2, 0.25) is 0 Å². The van der Waals surface area contributed by atoms with Gasteiger partial charge in [-0.1, -0.05) is 22.9 Å². The number of rotatable bonds is 3. The van der Waals surface area contributed by atoms with Crippen LogP contribution in [0.3, 0.4) is 0 Å². The minimum absolute atomic E-state index is 0.0438. The second-order valence-corrected chi connectivity index (χ2v) is 5.17. The van der Waals surface area contributed by atoms with Crippen LogP contribution in [0.4, 0.5) is 0 Å². The van der Waals surface area contributed by atoms with Crippen molar-refractivity contribution in [1.82, 2.24) is 4.90 Å². The molecule has 0 aliphatic carbocycles. The van der Waals surface area contributed by atoms with Crippen LogP contribution in [0.15, 0.2) is 16.7 Å². The number of carbonyl (C=O) groups is 1. The van der Waals surface area contributed by atoms with Crippen LogP contribution >= 0.6 is 15.9 Å². The Kier molecular flexibility index (Phi) is 4.45. The lowest BCUT2D eigenvalue weighted by atomic mass is 10.1. The molecular formula is C13H18BrNO3. The van der Waals surface area contributed by atoms with Gasteiger partial charge >= 0.3 is 0 Å². The zero-order valence-corrected chi connectivity index (χ0v) is 12.3. The SMILES string of the molecule is CCc1occc1C(=O)N1CC(CBr)OCC1C. The zero-order valence-electron chi connectivity index (χ0n) is 10.7. The van der Waals surface area contributed by atoms with Gasteiger partial charge < -0.3 is 14.1 Å². The van der Waals surface area contributed by atoms with E-state index in [1.165, 1.54) is 0 Å². The summed E-state index contributed by atoms with van der Waals surface area (Å²) in [6.07, 6.45) is 2.38. The maximum absolute atomic E-state index is 12.5. The first-order valence-electron chi connectivity index (χ1n) is 6.22. The Bertz CT molecular complexity index is 418. The molecule has 2 rings (SSSR count). The smallest absolute Gasteiger partial charge is 0.257 e. The van der Waals surface area contributed by atoms with E-state index in [1.807, 2.05) is 18.7 Å². The Hall–Kier alpha value is -0.810. The molecule has 0 radical (unpaired) electrons. The van der Waals surface area contributed by atoms with Crippen molar-refractivity contribution in [2.45, 2.75) is 32.4 Å². The highest BCUT2D eigenvalue weighted by Gasteiger charge is 2.31. The number of ether oxygens (including phenoxy) is 1. The van der Waals surface area contributed by atoms with Crippen LogP contribution in [0, 0.1) is 0 Å². The van der Waals surface area contributed by atoms with Gasteiger partial charge in [-0.3, -0.25) is 4.79 Å². The largest absolute Gasteiger partial charge is 0.469 e. The number of nitrogens with zero attached hydrogens (tertiary/aromatic N) is 1. The lowest BCUT2D eigenvalue weighted by molar-refractivity contribution is -0.0362. The fraction of sp³-hybridized carbons (Fsp3) is 0.615. The van der Waals surface area contributed by atoms with Gasteiger partial charge in [-0.25, -0.2) is 0 Å². The van der Waals surface area contributed by atoms with Crippen molar-refractivity contribution in [3.8, 4) is 0 Å². The highest BCUT2D eigenvalue weighted by molar-refractivity contribution is 9.09. The summed E-state index contributed by atoms with van der Waals surface area (Å²) in [6.45, 7) is 5.20. The van der Waals surface area contributed by atoms with Gasteiger partial charge in [0.2, 0.25) is 0 Å². The van der Waals surface area contributed by atoms with Crippen molar-refractivity contribution in [1.29, 1.82) is 0 Å². The summed E-state index contributed by atoms with van der Waals surface area (Å²) in [6, 6.07) is 1.86. The predicted molar refractivity (Wildman–Crippen MR) is 72.1 cm³/mol. The monoisotopic (exact) mass is 315 g/mol. The molecule has 1 aromatic heterocycles. The molecule has 100 valence electrons. The molecule has 1 amide bonds. The molecule has 2 atom stereocenters.